The predicted molar refractivity (Wildman–Crippen MR) is 71.7 cm³/mol. The number of nitrogens with two attached hydrogens (primary N) is 1. The molecule has 5 heteroatoms. The molecule has 0 saturated heterocycles. The van der Waals surface area contributed by atoms with Crippen LogP contribution in [-0.2, 0) is 9.53 Å². The zero-order valence-electron chi connectivity index (χ0n) is 10.4. The second-order valence-electron chi connectivity index (χ2n) is 4.55. The number of carbonyl (C=O) groups is 1. The molecule has 0 aromatic carbocycles. The SMILES string of the molecule is CCCC(C(=O)NCCOCC1CC1)C(N)=S. The number of amides is 1. The molecule has 4 nitrogen and oxygen atoms in total. The van der Waals surface area contributed by atoms with Crippen LogP contribution in [-0.4, -0.2) is 30.7 Å². The van der Waals surface area contributed by atoms with Crippen molar-refractivity contribution in [1.29, 1.82) is 0 Å². The summed E-state index contributed by atoms with van der Waals surface area (Å²) in [5.41, 5.74) is 5.54. The number of nitrogens with one attached hydrogen (secondary N) is 1. The maximum atomic E-state index is 11.7. The van der Waals surface area contributed by atoms with Crippen LogP contribution in [0.25, 0.3) is 0 Å². The van der Waals surface area contributed by atoms with Gasteiger partial charge < -0.3 is 15.8 Å². The van der Waals surface area contributed by atoms with Gasteiger partial charge in [0.2, 0.25) is 5.91 Å². The fourth-order valence-electron chi connectivity index (χ4n) is 1.60. The van der Waals surface area contributed by atoms with Crippen LogP contribution in [0.3, 0.4) is 0 Å². The first-order valence-electron chi connectivity index (χ1n) is 6.30. The quantitative estimate of drug-likeness (QED) is 0.482. The summed E-state index contributed by atoms with van der Waals surface area (Å²) in [7, 11) is 0. The predicted octanol–water partition coefficient (Wildman–Crippen LogP) is 1.23. The Morgan fingerprint density at radius 2 is 2.29 bits per heavy atom. The van der Waals surface area contributed by atoms with Crippen molar-refractivity contribution in [3.63, 3.8) is 0 Å². The third-order valence-electron chi connectivity index (χ3n) is 2.83. The number of hydrogen-bond acceptors (Lipinski definition) is 3. The molecule has 0 radical (unpaired) electrons. The maximum Gasteiger partial charge on any atom is 0.230 e. The van der Waals surface area contributed by atoms with E-state index in [1.165, 1.54) is 12.8 Å². The zero-order chi connectivity index (χ0) is 12.7. The van der Waals surface area contributed by atoms with Crippen molar-refractivity contribution < 1.29 is 9.53 Å². The van der Waals surface area contributed by atoms with Gasteiger partial charge in [-0.15, -0.1) is 0 Å². The fraction of sp³-hybridized carbons (Fsp3) is 0.833. The van der Waals surface area contributed by atoms with Crippen LogP contribution >= 0.6 is 12.2 Å². The Hall–Kier alpha value is -0.680. The minimum Gasteiger partial charge on any atom is -0.393 e. The third kappa shape index (κ3) is 5.98. The monoisotopic (exact) mass is 258 g/mol. The molecule has 0 bridgehead atoms. The normalized spacial score (nSPS) is 16.5. The Morgan fingerprint density at radius 1 is 1.59 bits per heavy atom. The fourth-order valence-corrected chi connectivity index (χ4v) is 1.82. The molecule has 3 N–H and O–H groups in total. The minimum absolute atomic E-state index is 0.0747. The Balaban J connectivity index is 2.10. The van der Waals surface area contributed by atoms with Gasteiger partial charge in [-0.05, 0) is 25.2 Å². The van der Waals surface area contributed by atoms with Crippen LogP contribution in [0.2, 0.25) is 0 Å². The van der Waals surface area contributed by atoms with Crippen LogP contribution in [0.4, 0.5) is 0 Å². The van der Waals surface area contributed by atoms with Gasteiger partial charge in [-0.1, -0.05) is 25.6 Å². The van der Waals surface area contributed by atoms with E-state index in [0.29, 0.717) is 19.6 Å². The minimum atomic E-state index is -0.335. The van der Waals surface area contributed by atoms with Gasteiger partial charge in [0, 0.05) is 13.2 Å². The van der Waals surface area contributed by atoms with Crippen molar-refractivity contribution in [2.75, 3.05) is 19.8 Å². The molecule has 0 heterocycles. The highest BCUT2D eigenvalue weighted by Crippen LogP contribution is 2.28. The molecule has 1 saturated carbocycles. The Morgan fingerprint density at radius 3 is 2.82 bits per heavy atom. The van der Waals surface area contributed by atoms with Crippen molar-refractivity contribution in [1.82, 2.24) is 5.32 Å². The van der Waals surface area contributed by atoms with E-state index in [0.717, 1.165) is 18.9 Å². The average Bonchev–Trinajstić information content (AvgIpc) is 3.08. The summed E-state index contributed by atoms with van der Waals surface area (Å²) in [6.07, 6.45) is 4.18. The lowest BCUT2D eigenvalue weighted by Gasteiger charge is -2.14. The first-order valence-corrected chi connectivity index (χ1v) is 6.70. The molecule has 98 valence electrons. The first-order chi connectivity index (χ1) is 8.15. The van der Waals surface area contributed by atoms with E-state index in [-0.39, 0.29) is 16.8 Å². The number of ether oxygens (including phenoxy) is 1. The number of rotatable bonds is 9. The summed E-state index contributed by atoms with van der Waals surface area (Å²) in [4.78, 5) is 12.0. The molecular formula is C12H22N2O2S. The molecule has 1 aliphatic carbocycles. The first kappa shape index (κ1) is 14.4. The number of hydrogen-bond donors (Lipinski definition) is 2. The maximum absolute atomic E-state index is 11.7. The molecule has 1 unspecified atom stereocenters. The Kier molecular flexibility index (Phi) is 6.44. The molecule has 0 aromatic rings. The topological polar surface area (TPSA) is 64.3 Å². The summed E-state index contributed by atoms with van der Waals surface area (Å²) in [5, 5.41) is 2.81. The van der Waals surface area contributed by atoms with Gasteiger partial charge in [-0.3, -0.25) is 4.79 Å². The van der Waals surface area contributed by atoms with E-state index in [1.54, 1.807) is 0 Å². The largest absolute Gasteiger partial charge is 0.393 e. The highest BCUT2D eigenvalue weighted by atomic mass is 32.1. The van der Waals surface area contributed by atoms with Crippen molar-refractivity contribution in [2.45, 2.75) is 32.6 Å². The molecule has 1 amide bonds. The van der Waals surface area contributed by atoms with Crippen molar-refractivity contribution in [2.24, 2.45) is 17.6 Å². The summed E-state index contributed by atoms with van der Waals surface area (Å²) in [5.74, 6) is 0.350. The van der Waals surface area contributed by atoms with Gasteiger partial charge in [0.05, 0.1) is 17.5 Å². The molecule has 1 atom stereocenters. The van der Waals surface area contributed by atoms with Crippen LogP contribution in [0.15, 0.2) is 0 Å². The average molecular weight is 258 g/mol. The molecule has 1 fully saturated rings. The van der Waals surface area contributed by atoms with Gasteiger partial charge in [0.25, 0.3) is 0 Å². The van der Waals surface area contributed by atoms with Gasteiger partial charge in [0.15, 0.2) is 0 Å². The summed E-state index contributed by atoms with van der Waals surface area (Å²) < 4.78 is 5.43. The van der Waals surface area contributed by atoms with Crippen LogP contribution in [0.5, 0.6) is 0 Å². The molecular weight excluding hydrogens is 236 g/mol. The van der Waals surface area contributed by atoms with Crippen LogP contribution in [0.1, 0.15) is 32.6 Å². The Bertz CT molecular complexity index is 267. The van der Waals surface area contributed by atoms with Gasteiger partial charge in [-0.25, -0.2) is 0 Å². The van der Waals surface area contributed by atoms with E-state index in [9.17, 15) is 4.79 Å². The zero-order valence-corrected chi connectivity index (χ0v) is 11.2. The molecule has 0 aromatic heterocycles. The van der Waals surface area contributed by atoms with Gasteiger partial charge >= 0.3 is 0 Å². The van der Waals surface area contributed by atoms with Crippen molar-refractivity contribution in [3.8, 4) is 0 Å². The van der Waals surface area contributed by atoms with E-state index < -0.39 is 0 Å². The van der Waals surface area contributed by atoms with Crippen LogP contribution in [0, 0.1) is 11.8 Å². The highest BCUT2D eigenvalue weighted by molar-refractivity contribution is 7.80. The summed E-state index contributed by atoms with van der Waals surface area (Å²) >= 11 is 4.89. The van der Waals surface area contributed by atoms with Crippen LogP contribution < -0.4 is 11.1 Å². The van der Waals surface area contributed by atoms with E-state index in [2.05, 4.69) is 5.32 Å². The lowest BCUT2D eigenvalue weighted by atomic mass is 10.0. The van der Waals surface area contributed by atoms with E-state index in [4.69, 9.17) is 22.7 Å². The smallest absolute Gasteiger partial charge is 0.230 e. The molecule has 17 heavy (non-hydrogen) atoms. The second kappa shape index (κ2) is 7.61. The highest BCUT2D eigenvalue weighted by Gasteiger charge is 2.21. The van der Waals surface area contributed by atoms with Crippen molar-refractivity contribution in [3.05, 3.63) is 0 Å². The Labute approximate surface area is 108 Å². The van der Waals surface area contributed by atoms with Crippen molar-refractivity contribution >= 4 is 23.1 Å². The van der Waals surface area contributed by atoms with Gasteiger partial charge in [-0.2, -0.15) is 0 Å². The number of thiocarbonyl (C=S) groups is 1. The number of carbonyl (C=O) groups excluding carboxylic acids is 1. The lowest BCUT2D eigenvalue weighted by molar-refractivity contribution is -0.123. The van der Waals surface area contributed by atoms with E-state index in [1.807, 2.05) is 6.92 Å². The molecule has 0 spiro atoms. The second-order valence-corrected chi connectivity index (χ2v) is 5.02. The standard InChI is InChI=1S/C12H22N2O2S/c1-2-3-10(11(13)17)12(15)14-6-7-16-8-9-4-5-9/h9-10H,2-8H2,1H3,(H2,13,17)(H,14,15). The lowest BCUT2D eigenvalue weighted by Crippen LogP contribution is -2.39. The molecule has 0 aliphatic heterocycles. The third-order valence-corrected chi connectivity index (χ3v) is 3.12. The van der Waals surface area contributed by atoms with E-state index >= 15 is 0 Å². The molecule has 1 rings (SSSR count). The summed E-state index contributed by atoms with van der Waals surface area (Å²) in [6, 6.07) is 0. The van der Waals surface area contributed by atoms with Gasteiger partial charge in [0.1, 0.15) is 0 Å². The molecule has 1 aliphatic rings. The summed E-state index contributed by atoms with van der Waals surface area (Å²) in [6.45, 7) is 3.94.